The lowest BCUT2D eigenvalue weighted by Crippen LogP contribution is -2.37. The summed E-state index contributed by atoms with van der Waals surface area (Å²) >= 11 is 0. The number of alkyl halides is 3. The molecule has 1 aliphatic heterocycles. The Bertz CT molecular complexity index is 1320. The van der Waals surface area contributed by atoms with Crippen molar-refractivity contribution in [1.29, 1.82) is 0 Å². The lowest BCUT2D eigenvalue weighted by atomic mass is 10.0. The molecule has 0 atom stereocenters. The van der Waals surface area contributed by atoms with Gasteiger partial charge in [-0.05, 0) is 55.0 Å². The molecular weight excluding hydrogens is 443 g/mol. The van der Waals surface area contributed by atoms with E-state index in [1.807, 2.05) is 37.3 Å². The van der Waals surface area contributed by atoms with Crippen LogP contribution in [0.1, 0.15) is 11.1 Å². The molecule has 1 saturated heterocycles. The van der Waals surface area contributed by atoms with Gasteiger partial charge in [0.1, 0.15) is 0 Å². The zero-order valence-corrected chi connectivity index (χ0v) is 18.4. The first kappa shape index (κ1) is 22.1. The second-order valence-electron chi connectivity index (χ2n) is 8.10. The fourth-order valence-corrected chi connectivity index (χ4v) is 4.06. The fraction of sp³-hybridized carbons (Fsp3) is 0.240. The Hall–Kier alpha value is -3.72. The molecule has 174 valence electrons. The summed E-state index contributed by atoms with van der Waals surface area (Å²) in [5, 5.41) is 13.7. The van der Waals surface area contributed by atoms with Crippen LogP contribution >= 0.6 is 0 Å². The van der Waals surface area contributed by atoms with Gasteiger partial charge in [0, 0.05) is 41.3 Å². The summed E-state index contributed by atoms with van der Waals surface area (Å²) in [4.78, 5) is 6.67. The van der Waals surface area contributed by atoms with Crippen molar-refractivity contribution in [2.75, 3.05) is 36.5 Å². The molecule has 4 aromatic rings. The summed E-state index contributed by atoms with van der Waals surface area (Å²) in [6.45, 7) is 4.62. The van der Waals surface area contributed by atoms with Crippen molar-refractivity contribution in [2.45, 2.75) is 13.1 Å². The maximum Gasteiger partial charge on any atom is 0.416 e. The molecule has 1 N–H and O–H groups in total. The third kappa shape index (κ3) is 4.38. The zero-order chi connectivity index (χ0) is 23.7. The number of rotatable bonds is 4. The normalized spacial score (nSPS) is 14.4. The maximum atomic E-state index is 12.9. The van der Waals surface area contributed by atoms with E-state index in [0.29, 0.717) is 37.8 Å². The Morgan fingerprint density at radius 1 is 0.941 bits per heavy atom. The van der Waals surface area contributed by atoms with E-state index in [0.717, 1.165) is 45.5 Å². The molecule has 0 amide bonds. The zero-order valence-electron chi connectivity index (χ0n) is 18.4. The van der Waals surface area contributed by atoms with Gasteiger partial charge in [-0.1, -0.05) is 12.1 Å². The number of aryl methyl sites for hydroxylation is 1. The van der Waals surface area contributed by atoms with Gasteiger partial charge in [0.25, 0.3) is 0 Å². The van der Waals surface area contributed by atoms with E-state index >= 15 is 0 Å². The molecule has 2 aromatic heterocycles. The van der Waals surface area contributed by atoms with Crippen LogP contribution < -0.4 is 10.2 Å². The first-order valence-corrected chi connectivity index (χ1v) is 10.9. The topological polar surface area (TPSA) is 63.2 Å². The van der Waals surface area contributed by atoms with Crippen molar-refractivity contribution in [3.05, 3.63) is 71.9 Å². The average molecular weight is 465 g/mol. The fourth-order valence-electron chi connectivity index (χ4n) is 4.06. The molecule has 1 fully saturated rings. The van der Waals surface area contributed by atoms with Crippen molar-refractivity contribution < 1.29 is 17.9 Å². The lowest BCUT2D eigenvalue weighted by Gasteiger charge is -2.28. The third-order valence-electron chi connectivity index (χ3n) is 5.83. The predicted molar refractivity (Wildman–Crippen MR) is 125 cm³/mol. The van der Waals surface area contributed by atoms with Gasteiger partial charge in [0.05, 0.1) is 24.5 Å². The van der Waals surface area contributed by atoms with Gasteiger partial charge < -0.3 is 15.0 Å². The van der Waals surface area contributed by atoms with E-state index in [9.17, 15) is 13.2 Å². The van der Waals surface area contributed by atoms with Crippen LogP contribution in [-0.2, 0) is 10.9 Å². The molecule has 2 aromatic carbocycles. The van der Waals surface area contributed by atoms with Crippen LogP contribution in [-0.4, -0.2) is 41.5 Å². The van der Waals surface area contributed by atoms with Crippen LogP contribution in [0.3, 0.4) is 0 Å². The highest BCUT2D eigenvalue weighted by Gasteiger charge is 2.30. The molecular formula is C25H22F3N5O. The summed E-state index contributed by atoms with van der Waals surface area (Å²) in [5.74, 6) is 1.21. The van der Waals surface area contributed by atoms with Crippen molar-refractivity contribution >= 4 is 28.1 Å². The van der Waals surface area contributed by atoms with Gasteiger partial charge in [-0.3, -0.25) is 4.98 Å². The maximum absolute atomic E-state index is 12.9. The summed E-state index contributed by atoms with van der Waals surface area (Å²) in [6.07, 6.45) is -2.62. The Morgan fingerprint density at radius 2 is 1.71 bits per heavy atom. The van der Waals surface area contributed by atoms with Crippen LogP contribution in [0.5, 0.6) is 0 Å². The molecule has 0 unspecified atom stereocenters. The van der Waals surface area contributed by atoms with Gasteiger partial charge in [-0.2, -0.15) is 13.2 Å². The Labute approximate surface area is 194 Å². The molecule has 0 radical (unpaired) electrons. The standard InChI is InChI=1S/C25H22F3N5O/c1-16-3-2-10-29-22(16)17-4-9-20-21(15-17)24(33-11-13-34-14-12-33)32-31-23(20)30-19-7-5-18(6-8-19)25(26,27)28/h2-10,15H,11-14H2,1H3,(H,30,31). The van der Waals surface area contributed by atoms with Gasteiger partial charge >= 0.3 is 6.18 Å². The number of hydrogen-bond acceptors (Lipinski definition) is 6. The number of nitrogens with zero attached hydrogens (tertiary/aromatic N) is 4. The molecule has 3 heterocycles. The first-order chi connectivity index (χ1) is 16.4. The Kier molecular flexibility index (Phi) is 5.79. The molecule has 5 rings (SSSR count). The highest BCUT2D eigenvalue weighted by atomic mass is 19.4. The number of aromatic nitrogens is 3. The van der Waals surface area contributed by atoms with E-state index in [-0.39, 0.29) is 0 Å². The van der Waals surface area contributed by atoms with Crippen molar-refractivity contribution in [3.8, 4) is 11.3 Å². The van der Waals surface area contributed by atoms with Crippen molar-refractivity contribution in [3.63, 3.8) is 0 Å². The van der Waals surface area contributed by atoms with E-state index in [1.54, 1.807) is 6.20 Å². The molecule has 0 saturated carbocycles. The smallest absolute Gasteiger partial charge is 0.378 e. The number of nitrogens with one attached hydrogen (secondary N) is 1. The van der Waals surface area contributed by atoms with E-state index < -0.39 is 11.7 Å². The monoisotopic (exact) mass is 465 g/mol. The van der Waals surface area contributed by atoms with Gasteiger partial charge in [-0.25, -0.2) is 0 Å². The summed E-state index contributed by atoms with van der Waals surface area (Å²) in [6, 6.07) is 14.7. The van der Waals surface area contributed by atoms with Crippen LogP contribution in [0.4, 0.5) is 30.5 Å². The van der Waals surface area contributed by atoms with Crippen LogP contribution in [0.25, 0.3) is 22.0 Å². The number of ether oxygens (including phenoxy) is 1. The molecule has 0 spiro atoms. The van der Waals surface area contributed by atoms with Crippen molar-refractivity contribution in [2.24, 2.45) is 0 Å². The number of fused-ring (bicyclic) bond motifs is 1. The molecule has 34 heavy (non-hydrogen) atoms. The molecule has 1 aliphatic rings. The largest absolute Gasteiger partial charge is 0.416 e. The number of benzene rings is 2. The summed E-state index contributed by atoms with van der Waals surface area (Å²) < 4.78 is 44.2. The molecule has 6 nitrogen and oxygen atoms in total. The minimum absolute atomic E-state index is 0.469. The number of pyridine rings is 1. The number of hydrogen-bond donors (Lipinski definition) is 1. The van der Waals surface area contributed by atoms with E-state index in [2.05, 4.69) is 25.4 Å². The van der Waals surface area contributed by atoms with E-state index in [1.165, 1.54) is 12.1 Å². The molecule has 0 aliphatic carbocycles. The average Bonchev–Trinajstić information content (AvgIpc) is 2.84. The number of morpholine rings is 1. The predicted octanol–water partition coefficient (Wildman–Crippen LogP) is 5.60. The Morgan fingerprint density at radius 3 is 2.41 bits per heavy atom. The minimum Gasteiger partial charge on any atom is -0.378 e. The number of anilines is 3. The second-order valence-corrected chi connectivity index (χ2v) is 8.10. The Balaban J connectivity index is 1.58. The minimum atomic E-state index is -4.38. The van der Waals surface area contributed by atoms with Crippen molar-refractivity contribution in [1.82, 2.24) is 15.2 Å². The lowest BCUT2D eigenvalue weighted by molar-refractivity contribution is -0.137. The second kappa shape index (κ2) is 8.90. The van der Waals surface area contributed by atoms with Gasteiger partial charge in [0.15, 0.2) is 11.6 Å². The molecule has 0 bridgehead atoms. The van der Waals surface area contributed by atoms with Gasteiger partial charge in [-0.15, -0.1) is 10.2 Å². The van der Waals surface area contributed by atoms with Crippen LogP contribution in [0.2, 0.25) is 0 Å². The van der Waals surface area contributed by atoms with Crippen LogP contribution in [0.15, 0.2) is 60.8 Å². The van der Waals surface area contributed by atoms with Crippen LogP contribution in [0, 0.1) is 6.92 Å². The summed E-state index contributed by atoms with van der Waals surface area (Å²) in [7, 11) is 0. The van der Waals surface area contributed by atoms with E-state index in [4.69, 9.17) is 4.74 Å². The SMILES string of the molecule is Cc1cccnc1-c1ccc2c(Nc3ccc(C(F)(F)F)cc3)nnc(N3CCOCC3)c2c1. The molecule has 9 heteroatoms. The van der Waals surface area contributed by atoms with Gasteiger partial charge in [0.2, 0.25) is 0 Å². The first-order valence-electron chi connectivity index (χ1n) is 10.9. The summed E-state index contributed by atoms with van der Waals surface area (Å²) in [5.41, 5.74) is 2.68. The highest BCUT2D eigenvalue weighted by Crippen LogP contribution is 2.35. The quantitative estimate of drug-likeness (QED) is 0.423. The third-order valence-corrected chi connectivity index (χ3v) is 5.83. The number of halogens is 3. The highest BCUT2D eigenvalue weighted by molar-refractivity contribution is 6.01.